The molecule has 1 saturated heterocycles. The lowest BCUT2D eigenvalue weighted by Crippen LogP contribution is -2.32. The van der Waals surface area contributed by atoms with Crippen molar-refractivity contribution in [3.8, 4) is 0 Å². The fourth-order valence-electron chi connectivity index (χ4n) is 4.33. The first kappa shape index (κ1) is 15.2. The summed E-state index contributed by atoms with van der Waals surface area (Å²) in [6.07, 6.45) is 10.2. The van der Waals surface area contributed by atoms with E-state index >= 15 is 0 Å². The molecule has 3 aliphatic rings. The predicted molar refractivity (Wildman–Crippen MR) is 91.9 cm³/mol. The van der Waals surface area contributed by atoms with Gasteiger partial charge in [-0.3, -0.25) is 9.59 Å². The molecule has 1 amide bonds. The number of fused-ring (bicyclic) bond motifs is 1. The number of carbonyl (C=O) groups is 2. The van der Waals surface area contributed by atoms with Gasteiger partial charge in [-0.1, -0.05) is 43.2 Å². The highest BCUT2D eigenvalue weighted by atomic mass is 16.4. The van der Waals surface area contributed by atoms with Crippen LogP contribution < -0.4 is 4.90 Å². The van der Waals surface area contributed by atoms with E-state index < -0.39 is 11.4 Å². The molecule has 0 aromatic heterocycles. The van der Waals surface area contributed by atoms with Gasteiger partial charge < -0.3 is 10.0 Å². The maximum absolute atomic E-state index is 12.6. The first-order valence-electron chi connectivity index (χ1n) is 8.63. The van der Waals surface area contributed by atoms with Gasteiger partial charge in [0.25, 0.3) is 0 Å². The third-order valence-electron chi connectivity index (χ3n) is 5.77. The van der Waals surface area contributed by atoms with Crippen molar-refractivity contribution in [2.24, 2.45) is 5.92 Å². The number of allylic oxidation sites excluding steroid dienone is 3. The molecular weight excluding hydrogens is 302 g/mol. The van der Waals surface area contributed by atoms with Crippen LogP contribution >= 0.6 is 0 Å². The summed E-state index contributed by atoms with van der Waals surface area (Å²) < 4.78 is 0. The van der Waals surface area contributed by atoms with Crippen molar-refractivity contribution in [1.29, 1.82) is 0 Å². The van der Waals surface area contributed by atoms with Crippen LogP contribution in [0.2, 0.25) is 0 Å². The zero-order valence-electron chi connectivity index (χ0n) is 13.6. The Kier molecular flexibility index (Phi) is 3.56. The summed E-state index contributed by atoms with van der Waals surface area (Å²) in [4.78, 5) is 26.2. The van der Waals surface area contributed by atoms with E-state index in [-0.39, 0.29) is 11.8 Å². The van der Waals surface area contributed by atoms with Crippen molar-refractivity contribution in [3.63, 3.8) is 0 Å². The molecule has 2 fully saturated rings. The quantitative estimate of drug-likeness (QED) is 0.927. The molecule has 124 valence electrons. The first-order valence-corrected chi connectivity index (χ1v) is 8.63. The second-order valence-electron chi connectivity index (χ2n) is 7.02. The van der Waals surface area contributed by atoms with Crippen molar-refractivity contribution < 1.29 is 14.7 Å². The molecular formula is C20H21NO3. The van der Waals surface area contributed by atoms with Crippen LogP contribution in [0.15, 0.2) is 48.1 Å². The lowest BCUT2D eigenvalue weighted by Gasteiger charge is -2.25. The van der Waals surface area contributed by atoms with Gasteiger partial charge in [-0.15, -0.1) is 0 Å². The van der Waals surface area contributed by atoms with Crippen molar-refractivity contribution in [2.45, 2.75) is 37.5 Å². The lowest BCUT2D eigenvalue weighted by atomic mass is 9.79. The second kappa shape index (κ2) is 5.62. The molecule has 0 radical (unpaired) electrons. The average molecular weight is 323 g/mol. The normalized spacial score (nSPS) is 24.8. The van der Waals surface area contributed by atoms with E-state index in [1.165, 1.54) is 5.57 Å². The maximum atomic E-state index is 12.6. The third kappa shape index (κ3) is 2.20. The van der Waals surface area contributed by atoms with Gasteiger partial charge in [-0.25, -0.2) is 0 Å². The van der Waals surface area contributed by atoms with E-state index in [0.29, 0.717) is 19.4 Å². The summed E-state index contributed by atoms with van der Waals surface area (Å²) in [5.41, 5.74) is 2.15. The van der Waals surface area contributed by atoms with E-state index in [0.717, 1.165) is 30.5 Å². The van der Waals surface area contributed by atoms with Crippen LogP contribution in [0.25, 0.3) is 0 Å². The van der Waals surface area contributed by atoms with Crippen molar-refractivity contribution >= 4 is 17.6 Å². The van der Waals surface area contributed by atoms with Crippen LogP contribution in [0, 0.1) is 5.92 Å². The smallest absolute Gasteiger partial charge is 0.314 e. The highest BCUT2D eigenvalue weighted by Gasteiger charge is 2.43. The Labute approximate surface area is 141 Å². The Balaban J connectivity index is 1.61. The Morgan fingerprint density at radius 1 is 1.17 bits per heavy atom. The monoisotopic (exact) mass is 323 g/mol. The van der Waals surface area contributed by atoms with Gasteiger partial charge in [0, 0.05) is 12.2 Å². The fraction of sp³-hybridized carbons (Fsp3) is 0.400. The minimum Gasteiger partial charge on any atom is -0.481 e. The van der Waals surface area contributed by atoms with E-state index in [9.17, 15) is 14.7 Å². The molecule has 1 N–H and O–H groups in total. The highest BCUT2D eigenvalue weighted by molar-refractivity contribution is 6.01. The Bertz CT molecular complexity index is 739. The van der Waals surface area contributed by atoms with Gasteiger partial charge in [-0.2, -0.15) is 0 Å². The number of carboxylic acids is 1. The molecule has 1 aromatic rings. The number of nitrogens with zero attached hydrogens (tertiary/aromatic N) is 1. The summed E-state index contributed by atoms with van der Waals surface area (Å²) in [7, 11) is 0. The van der Waals surface area contributed by atoms with Gasteiger partial charge in [-0.05, 0) is 42.5 Å². The number of benzene rings is 1. The number of carboxylic acid groups (broad SMARTS) is 1. The molecule has 1 aliphatic heterocycles. The summed E-state index contributed by atoms with van der Waals surface area (Å²) in [5, 5.41) is 9.70. The Hall–Kier alpha value is -2.36. The van der Waals surface area contributed by atoms with Crippen LogP contribution in [-0.2, 0) is 15.0 Å². The Morgan fingerprint density at radius 3 is 2.50 bits per heavy atom. The number of anilines is 1. The van der Waals surface area contributed by atoms with Gasteiger partial charge in [0.15, 0.2) is 0 Å². The van der Waals surface area contributed by atoms with Crippen molar-refractivity contribution in [3.05, 3.63) is 53.6 Å². The molecule has 0 spiro atoms. The van der Waals surface area contributed by atoms with Crippen LogP contribution in [0.5, 0.6) is 0 Å². The molecule has 1 unspecified atom stereocenters. The van der Waals surface area contributed by atoms with Crippen LogP contribution in [0.1, 0.15) is 37.7 Å². The van der Waals surface area contributed by atoms with Crippen molar-refractivity contribution in [2.75, 3.05) is 11.4 Å². The number of aliphatic carboxylic acids is 1. The standard InChI is InChI=1S/C20H21NO3/c22-18-17-6-2-1-5-14(17)13-21(18)16-9-7-15(8-10-16)20(19(23)24)11-3-4-12-20/h1-2,5,7-10,17H,3-4,6,11-13H2,(H,23,24). The highest BCUT2D eigenvalue weighted by Crippen LogP contribution is 2.42. The average Bonchev–Trinajstić information content (AvgIpc) is 3.22. The first-order chi connectivity index (χ1) is 11.6. The fourth-order valence-corrected chi connectivity index (χ4v) is 4.33. The molecule has 4 nitrogen and oxygen atoms in total. The molecule has 2 aliphatic carbocycles. The van der Waals surface area contributed by atoms with E-state index in [1.54, 1.807) is 0 Å². The molecule has 1 aromatic carbocycles. The molecule has 1 saturated carbocycles. The van der Waals surface area contributed by atoms with Crippen LogP contribution in [-0.4, -0.2) is 23.5 Å². The van der Waals surface area contributed by atoms with E-state index in [1.807, 2.05) is 47.4 Å². The van der Waals surface area contributed by atoms with Crippen LogP contribution in [0.3, 0.4) is 0 Å². The third-order valence-corrected chi connectivity index (χ3v) is 5.77. The number of hydrogen-bond acceptors (Lipinski definition) is 2. The SMILES string of the molecule is O=C1C2CC=CC=C2CN1c1ccc(C2(C(=O)O)CCCC2)cc1. The number of hydrogen-bond donors (Lipinski definition) is 1. The topological polar surface area (TPSA) is 57.6 Å². The molecule has 4 rings (SSSR count). The van der Waals surface area contributed by atoms with Crippen LogP contribution in [0.4, 0.5) is 5.69 Å². The van der Waals surface area contributed by atoms with Gasteiger partial charge in [0.2, 0.25) is 5.91 Å². The van der Waals surface area contributed by atoms with Crippen molar-refractivity contribution in [1.82, 2.24) is 0 Å². The van der Waals surface area contributed by atoms with Gasteiger partial charge >= 0.3 is 5.97 Å². The summed E-state index contributed by atoms with van der Waals surface area (Å²) in [5.74, 6) is -0.603. The zero-order valence-corrected chi connectivity index (χ0v) is 13.6. The number of carbonyl (C=O) groups excluding carboxylic acids is 1. The predicted octanol–water partition coefficient (Wildman–Crippen LogP) is 3.43. The molecule has 1 heterocycles. The second-order valence-corrected chi connectivity index (χ2v) is 7.02. The molecule has 4 heteroatoms. The number of amides is 1. The zero-order chi connectivity index (χ0) is 16.7. The minimum absolute atomic E-state index is 0.0186. The lowest BCUT2D eigenvalue weighted by molar-refractivity contribution is -0.143. The molecule has 24 heavy (non-hydrogen) atoms. The number of rotatable bonds is 3. The summed E-state index contributed by atoms with van der Waals surface area (Å²) >= 11 is 0. The molecule has 1 atom stereocenters. The molecule has 0 bridgehead atoms. The summed E-state index contributed by atoms with van der Waals surface area (Å²) in [6, 6.07) is 7.61. The summed E-state index contributed by atoms with van der Waals surface area (Å²) in [6.45, 7) is 0.636. The van der Waals surface area contributed by atoms with Gasteiger partial charge in [0.05, 0.1) is 11.3 Å². The maximum Gasteiger partial charge on any atom is 0.314 e. The van der Waals surface area contributed by atoms with E-state index in [4.69, 9.17) is 0 Å². The van der Waals surface area contributed by atoms with E-state index in [2.05, 4.69) is 0 Å². The largest absolute Gasteiger partial charge is 0.481 e. The van der Waals surface area contributed by atoms with Gasteiger partial charge in [0.1, 0.15) is 0 Å². The minimum atomic E-state index is -0.742. The Morgan fingerprint density at radius 2 is 1.88 bits per heavy atom.